The molecule has 0 unspecified atom stereocenters. The highest BCUT2D eigenvalue weighted by atomic mass is 19.1. The minimum atomic E-state index is -0.611. The van der Waals surface area contributed by atoms with Crippen LogP contribution in [-0.4, -0.2) is 19.5 Å². The number of aromatic nitrogens is 4. The molecule has 0 spiro atoms. The largest absolute Gasteiger partial charge is 0.342 e. The molecule has 0 saturated heterocycles. The number of H-pyrrole nitrogens is 1. The molecule has 2 N–H and O–H groups in total. The second-order valence-electron chi connectivity index (χ2n) is 5.93. The molecule has 0 aliphatic carbocycles. The molecule has 2 aromatic heterocycles. The summed E-state index contributed by atoms with van der Waals surface area (Å²) in [7, 11) is 1.83. The first-order valence-electron chi connectivity index (χ1n) is 8.11. The first-order valence-corrected chi connectivity index (χ1v) is 8.11. The van der Waals surface area contributed by atoms with E-state index in [2.05, 4.69) is 20.3 Å². The van der Waals surface area contributed by atoms with Crippen molar-refractivity contribution >= 4 is 16.9 Å². The smallest absolute Gasteiger partial charge is 0.260 e. The second-order valence-corrected chi connectivity index (χ2v) is 5.93. The standard InChI is InChI=1S/C19H16FN5O/c1-25-11-10-21-17(25)16(12-6-2-4-8-14(12)20)23-19-22-15-9-5-3-7-13(15)18(26)24-19/h2-11,16H,1H3,(H2,22,23,24,26)/t16-/m0/s1. The molecule has 0 saturated carbocycles. The zero-order valence-electron chi connectivity index (χ0n) is 14.0. The number of fused-ring (bicyclic) bond motifs is 1. The molecule has 4 aromatic rings. The van der Waals surface area contributed by atoms with Crippen LogP contribution in [0.4, 0.5) is 10.3 Å². The Bertz CT molecular complexity index is 1130. The van der Waals surface area contributed by atoms with Crippen LogP contribution in [0.25, 0.3) is 10.9 Å². The number of halogens is 1. The van der Waals surface area contributed by atoms with Crippen LogP contribution in [0, 0.1) is 5.82 Å². The third-order valence-electron chi connectivity index (χ3n) is 4.23. The Labute approximate surface area is 148 Å². The maximum atomic E-state index is 14.4. The molecular weight excluding hydrogens is 333 g/mol. The first kappa shape index (κ1) is 16.0. The molecule has 7 heteroatoms. The van der Waals surface area contributed by atoms with Gasteiger partial charge in [0.25, 0.3) is 5.56 Å². The molecule has 0 bridgehead atoms. The SMILES string of the molecule is Cn1ccnc1[C@@H](Nc1nc2ccccc2c(=O)[nH]1)c1ccccc1F. The van der Waals surface area contributed by atoms with Crippen LogP contribution in [0.15, 0.2) is 65.7 Å². The van der Waals surface area contributed by atoms with Crippen molar-refractivity contribution in [2.45, 2.75) is 6.04 Å². The lowest BCUT2D eigenvalue weighted by atomic mass is 10.1. The molecule has 130 valence electrons. The van der Waals surface area contributed by atoms with Gasteiger partial charge < -0.3 is 9.88 Å². The highest BCUT2D eigenvalue weighted by Crippen LogP contribution is 2.26. The van der Waals surface area contributed by atoms with Gasteiger partial charge in [0.15, 0.2) is 0 Å². The van der Waals surface area contributed by atoms with E-state index < -0.39 is 6.04 Å². The number of rotatable bonds is 4. The van der Waals surface area contributed by atoms with Gasteiger partial charge in [-0.05, 0) is 18.2 Å². The zero-order chi connectivity index (χ0) is 18.1. The lowest BCUT2D eigenvalue weighted by Crippen LogP contribution is -2.21. The Kier molecular flexibility index (Phi) is 3.96. The van der Waals surface area contributed by atoms with Crippen molar-refractivity contribution in [1.29, 1.82) is 0 Å². The van der Waals surface area contributed by atoms with Crippen LogP contribution < -0.4 is 10.9 Å². The minimum absolute atomic E-state index is 0.255. The molecule has 1 atom stereocenters. The number of aryl methyl sites for hydroxylation is 1. The van der Waals surface area contributed by atoms with Crippen LogP contribution in [0.3, 0.4) is 0 Å². The van der Waals surface area contributed by atoms with Gasteiger partial charge in [0.1, 0.15) is 17.7 Å². The summed E-state index contributed by atoms with van der Waals surface area (Å²) in [6.07, 6.45) is 3.42. The number of nitrogens with one attached hydrogen (secondary N) is 2. The fourth-order valence-corrected chi connectivity index (χ4v) is 2.94. The maximum Gasteiger partial charge on any atom is 0.260 e. The fourth-order valence-electron chi connectivity index (χ4n) is 2.94. The quantitative estimate of drug-likeness (QED) is 0.594. The van der Waals surface area contributed by atoms with Crippen molar-refractivity contribution in [2.24, 2.45) is 7.05 Å². The molecule has 0 amide bonds. The van der Waals surface area contributed by atoms with Crippen molar-refractivity contribution in [3.63, 3.8) is 0 Å². The number of para-hydroxylation sites is 1. The van der Waals surface area contributed by atoms with E-state index in [1.54, 1.807) is 53.4 Å². The lowest BCUT2D eigenvalue weighted by molar-refractivity contribution is 0.595. The van der Waals surface area contributed by atoms with Crippen LogP contribution in [0.5, 0.6) is 0 Å². The number of imidazole rings is 1. The van der Waals surface area contributed by atoms with Gasteiger partial charge in [-0.2, -0.15) is 0 Å². The predicted molar refractivity (Wildman–Crippen MR) is 97.4 cm³/mol. The molecule has 6 nitrogen and oxygen atoms in total. The van der Waals surface area contributed by atoms with Gasteiger partial charge in [0, 0.05) is 25.0 Å². The van der Waals surface area contributed by atoms with Crippen LogP contribution in [0.2, 0.25) is 0 Å². The van der Waals surface area contributed by atoms with E-state index in [0.29, 0.717) is 22.3 Å². The van der Waals surface area contributed by atoms with E-state index in [0.717, 1.165) is 0 Å². The molecular formula is C19H16FN5O. The van der Waals surface area contributed by atoms with Gasteiger partial charge in [0.2, 0.25) is 5.95 Å². The van der Waals surface area contributed by atoms with Gasteiger partial charge in [-0.1, -0.05) is 30.3 Å². The summed E-state index contributed by atoms with van der Waals surface area (Å²) >= 11 is 0. The highest BCUT2D eigenvalue weighted by Gasteiger charge is 2.22. The number of aromatic amines is 1. The van der Waals surface area contributed by atoms with Crippen molar-refractivity contribution < 1.29 is 4.39 Å². The Morgan fingerprint density at radius 3 is 2.69 bits per heavy atom. The Morgan fingerprint density at radius 2 is 1.92 bits per heavy atom. The van der Waals surface area contributed by atoms with Crippen LogP contribution in [-0.2, 0) is 7.05 Å². The van der Waals surface area contributed by atoms with E-state index in [-0.39, 0.29) is 17.3 Å². The molecule has 2 heterocycles. The Hall–Kier alpha value is -3.48. The number of anilines is 1. The molecule has 4 rings (SSSR count). The summed E-state index contributed by atoms with van der Waals surface area (Å²) in [6.45, 7) is 0. The average Bonchev–Trinajstić information content (AvgIpc) is 3.06. The average molecular weight is 349 g/mol. The summed E-state index contributed by atoms with van der Waals surface area (Å²) in [5, 5.41) is 3.62. The van der Waals surface area contributed by atoms with Gasteiger partial charge in [0.05, 0.1) is 10.9 Å². The Morgan fingerprint density at radius 1 is 1.15 bits per heavy atom. The Balaban J connectivity index is 1.82. The van der Waals surface area contributed by atoms with Gasteiger partial charge >= 0.3 is 0 Å². The zero-order valence-corrected chi connectivity index (χ0v) is 14.0. The summed E-state index contributed by atoms with van der Waals surface area (Å²) in [5.41, 5.74) is 0.716. The van der Waals surface area contributed by atoms with E-state index in [9.17, 15) is 9.18 Å². The number of hydrogen-bond donors (Lipinski definition) is 2. The van der Waals surface area contributed by atoms with Gasteiger partial charge in [-0.3, -0.25) is 9.78 Å². The summed E-state index contributed by atoms with van der Waals surface area (Å²) in [5.74, 6) is 0.493. The first-order chi connectivity index (χ1) is 12.6. The molecule has 0 fully saturated rings. The third kappa shape index (κ3) is 2.83. The van der Waals surface area contributed by atoms with E-state index in [1.807, 2.05) is 13.1 Å². The van der Waals surface area contributed by atoms with Gasteiger partial charge in [-0.25, -0.2) is 14.4 Å². The molecule has 2 aromatic carbocycles. The summed E-state index contributed by atoms with van der Waals surface area (Å²) in [4.78, 5) is 23.8. The van der Waals surface area contributed by atoms with Crippen LogP contribution in [0.1, 0.15) is 17.4 Å². The van der Waals surface area contributed by atoms with Gasteiger partial charge in [-0.15, -0.1) is 0 Å². The fraction of sp³-hybridized carbons (Fsp3) is 0.105. The maximum absolute atomic E-state index is 14.4. The number of nitrogens with zero attached hydrogens (tertiary/aromatic N) is 3. The normalized spacial score (nSPS) is 12.2. The number of benzene rings is 2. The summed E-state index contributed by atoms with van der Waals surface area (Å²) in [6, 6.07) is 12.9. The lowest BCUT2D eigenvalue weighted by Gasteiger charge is -2.20. The van der Waals surface area contributed by atoms with Crippen molar-refractivity contribution in [3.05, 3.63) is 88.5 Å². The van der Waals surface area contributed by atoms with Crippen molar-refractivity contribution in [3.8, 4) is 0 Å². The molecule has 26 heavy (non-hydrogen) atoms. The molecule has 0 aliphatic heterocycles. The third-order valence-corrected chi connectivity index (χ3v) is 4.23. The number of hydrogen-bond acceptors (Lipinski definition) is 4. The predicted octanol–water partition coefficient (Wildman–Crippen LogP) is 3.00. The van der Waals surface area contributed by atoms with E-state index >= 15 is 0 Å². The monoisotopic (exact) mass is 349 g/mol. The van der Waals surface area contributed by atoms with E-state index in [1.165, 1.54) is 6.07 Å². The van der Waals surface area contributed by atoms with Crippen LogP contribution >= 0.6 is 0 Å². The second kappa shape index (κ2) is 6.44. The summed E-state index contributed by atoms with van der Waals surface area (Å²) < 4.78 is 16.2. The molecule has 0 radical (unpaired) electrons. The minimum Gasteiger partial charge on any atom is -0.342 e. The topological polar surface area (TPSA) is 75.6 Å². The van der Waals surface area contributed by atoms with E-state index in [4.69, 9.17) is 0 Å². The van der Waals surface area contributed by atoms with Crippen molar-refractivity contribution in [1.82, 2.24) is 19.5 Å². The molecule has 0 aliphatic rings. The van der Waals surface area contributed by atoms with Crippen molar-refractivity contribution in [2.75, 3.05) is 5.32 Å². The highest BCUT2D eigenvalue weighted by molar-refractivity contribution is 5.78.